The van der Waals surface area contributed by atoms with Crippen LogP contribution in [0.4, 0.5) is 16.2 Å². The minimum atomic E-state index is -0.965. The van der Waals surface area contributed by atoms with Crippen molar-refractivity contribution >= 4 is 29.5 Å². The van der Waals surface area contributed by atoms with Crippen LogP contribution in [0, 0.1) is 0 Å². The Labute approximate surface area is 181 Å². The first kappa shape index (κ1) is 20.3. The SMILES string of the molecule is C[C@@]1(CCc2ccccc2)NC(=O)N(/N=C\c2ccc(Nc3ccccc3)cc2)C1=O. The molecule has 0 saturated carbocycles. The van der Waals surface area contributed by atoms with Gasteiger partial charge in [-0.25, -0.2) is 4.79 Å². The van der Waals surface area contributed by atoms with E-state index in [1.165, 1.54) is 6.21 Å². The van der Waals surface area contributed by atoms with Crippen LogP contribution in [0.5, 0.6) is 0 Å². The van der Waals surface area contributed by atoms with Crippen LogP contribution in [0.25, 0.3) is 0 Å². The Kier molecular flexibility index (Phi) is 5.80. The molecular formula is C25H24N4O2. The maximum Gasteiger partial charge on any atom is 0.346 e. The third-order valence-electron chi connectivity index (χ3n) is 5.29. The van der Waals surface area contributed by atoms with Crippen molar-refractivity contribution < 1.29 is 9.59 Å². The summed E-state index contributed by atoms with van der Waals surface area (Å²) in [5, 5.41) is 11.2. The summed E-state index contributed by atoms with van der Waals surface area (Å²) >= 11 is 0. The Morgan fingerprint density at radius 2 is 1.52 bits per heavy atom. The second kappa shape index (κ2) is 8.83. The van der Waals surface area contributed by atoms with Crippen molar-refractivity contribution in [2.75, 3.05) is 5.32 Å². The molecule has 1 fully saturated rings. The number of nitrogens with zero attached hydrogens (tertiary/aromatic N) is 2. The maximum atomic E-state index is 12.9. The Morgan fingerprint density at radius 1 is 0.903 bits per heavy atom. The molecule has 0 unspecified atom stereocenters. The minimum Gasteiger partial charge on any atom is -0.356 e. The van der Waals surface area contributed by atoms with Crippen molar-refractivity contribution in [3.05, 3.63) is 96.1 Å². The number of anilines is 2. The van der Waals surface area contributed by atoms with E-state index in [1.807, 2.05) is 84.9 Å². The van der Waals surface area contributed by atoms with Gasteiger partial charge in [0, 0.05) is 11.4 Å². The number of hydrogen-bond donors (Lipinski definition) is 2. The molecule has 0 aromatic heterocycles. The zero-order valence-corrected chi connectivity index (χ0v) is 17.3. The highest BCUT2D eigenvalue weighted by Crippen LogP contribution is 2.24. The fourth-order valence-corrected chi connectivity index (χ4v) is 3.45. The van der Waals surface area contributed by atoms with Crippen LogP contribution in [0.2, 0.25) is 0 Å². The van der Waals surface area contributed by atoms with E-state index in [9.17, 15) is 9.59 Å². The number of benzene rings is 3. The quantitative estimate of drug-likeness (QED) is 0.436. The Balaban J connectivity index is 1.39. The van der Waals surface area contributed by atoms with Crippen molar-refractivity contribution in [3.8, 4) is 0 Å². The lowest BCUT2D eigenvalue weighted by Gasteiger charge is -2.20. The van der Waals surface area contributed by atoms with E-state index in [-0.39, 0.29) is 5.91 Å². The van der Waals surface area contributed by atoms with Gasteiger partial charge in [-0.15, -0.1) is 5.01 Å². The van der Waals surface area contributed by atoms with Gasteiger partial charge in [-0.05, 0) is 55.2 Å². The summed E-state index contributed by atoms with van der Waals surface area (Å²) in [4.78, 5) is 25.2. The standard InChI is InChI=1S/C25H24N4O2/c1-25(17-16-19-8-4-2-5-9-19)23(30)29(24(31)28-25)26-18-20-12-14-22(15-13-20)27-21-10-6-3-7-11-21/h2-15,18,27H,16-17H2,1H3,(H,28,31)/b26-18-/t25-/m0/s1. The van der Waals surface area contributed by atoms with Gasteiger partial charge in [0.05, 0.1) is 6.21 Å². The van der Waals surface area contributed by atoms with Crippen LogP contribution in [-0.2, 0) is 11.2 Å². The van der Waals surface area contributed by atoms with E-state index in [0.29, 0.717) is 12.8 Å². The van der Waals surface area contributed by atoms with Crippen molar-refractivity contribution in [1.29, 1.82) is 0 Å². The van der Waals surface area contributed by atoms with Crippen LogP contribution in [0.1, 0.15) is 24.5 Å². The fourth-order valence-electron chi connectivity index (χ4n) is 3.45. The van der Waals surface area contributed by atoms with Crippen LogP contribution in [-0.4, -0.2) is 28.7 Å². The third kappa shape index (κ3) is 4.80. The molecule has 0 spiro atoms. The van der Waals surface area contributed by atoms with Gasteiger partial charge in [0.1, 0.15) is 5.54 Å². The van der Waals surface area contributed by atoms with Gasteiger partial charge in [-0.2, -0.15) is 5.10 Å². The highest BCUT2D eigenvalue weighted by atomic mass is 16.2. The zero-order chi connectivity index (χ0) is 21.7. The number of aryl methyl sites for hydroxylation is 1. The fraction of sp³-hybridized carbons (Fsp3) is 0.160. The number of carbonyl (C=O) groups is 2. The van der Waals surface area contributed by atoms with Gasteiger partial charge in [0.2, 0.25) is 0 Å². The highest BCUT2D eigenvalue weighted by molar-refractivity contribution is 6.07. The summed E-state index contributed by atoms with van der Waals surface area (Å²) in [5.41, 5.74) is 2.88. The Morgan fingerprint density at radius 3 is 2.19 bits per heavy atom. The number of imide groups is 1. The summed E-state index contributed by atoms with van der Waals surface area (Å²) in [5.74, 6) is -0.341. The first-order valence-electron chi connectivity index (χ1n) is 10.2. The molecule has 2 N–H and O–H groups in total. The first-order chi connectivity index (χ1) is 15.0. The summed E-state index contributed by atoms with van der Waals surface area (Å²) < 4.78 is 0. The number of rotatable bonds is 7. The predicted molar refractivity (Wildman–Crippen MR) is 122 cm³/mol. The van der Waals surface area contributed by atoms with Crippen LogP contribution in [0.15, 0.2) is 90.0 Å². The molecule has 1 atom stereocenters. The minimum absolute atomic E-state index is 0.341. The highest BCUT2D eigenvalue weighted by Gasteiger charge is 2.47. The molecule has 0 bridgehead atoms. The lowest BCUT2D eigenvalue weighted by Crippen LogP contribution is -2.44. The summed E-state index contributed by atoms with van der Waals surface area (Å²) in [6, 6.07) is 26.9. The van der Waals surface area contributed by atoms with Gasteiger partial charge in [0.15, 0.2) is 0 Å². The molecule has 31 heavy (non-hydrogen) atoms. The smallest absolute Gasteiger partial charge is 0.346 e. The largest absolute Gasteiger partial charge is 0.356 e. The number of carbonyl (C=O) groups excluding carboxylic acids is 2. The Hall–Kier alpha value is -3.93. The normalized spacial score (nSPS) is 18.4. The summed E-state index contributed by atoms with van der Waals surface area (Å²) in [6.07, 6.45) is 2.72. The zero-order valence-electron chi connectivity index (χ0n) is 17.3. The molecule has 6 heteroatoms. The summed E-state index contributed by atoms with van der Waals surface area (Å²) in [7, 11) is 0. The lowest BCUT2D eigenvalue weighted by atomic mass is 9.93. The predicted octanol–water partition coefficient (Wildman–Crippen LogP) is 4.71. The molecule has 1 aliphatic heterocycles. The molecule has 1 aliphatic rings. The second-order valence-corrected chi connectivity index (χ2v) is 7.72. The van der Waals surface area contributed by atoms with E-state index in [4.69, 9.17) is 0 Å². The molecule has 3 amide bonds. The van der Waals surface area contributed by atoms with E-state index >= 15 is 0 Å². The number of para-hydroxylation sites is 1. The first-order valence-corrected chi connectivity index (χ1v) is 10.2. The molecule has 156 valence electrons. The molecule has 4 rings (SSSR count). The molecule has 1 saturated heterocycles. The van der Waals surface area contributed by atoms with Crippen molar-refractivity contribution in [2.24, 2.45) is 5.10 Å². The molecule has 3 aromatic carbocycles. The monoisotopic (exact) mass is 412 g/mol. The van der Waals surface area contributed by atoms with Crippen LogP contribution >= 0.6 is 0 Å². The van der Waals surface area contributed by atoms with Crippen LogP contribution < -0.4 is 10.6 Å². The number of nitrogens with one attached hydrogen (secondary N) is 2. The molecule has 1 heterocycles. The van der Waals surface area contributed by atoms with Crippen LogP contribution in [0.3, 0.4) is 0 Å². The number of hydrazone groups is 1. The Bertz CT molecular complexity index is 1080. The molecule has 0 aliphatic carbocycles. The van der Waals surface area contributed by atoms with E-state index < -0.39 is 11.6 Å². The molecule has 6 nitrogen and oxygen atoms in total. The van der Waals surface area contributed by atoms with Gasteiger partial charge >= 0.3 is 6.03 Å². The topological polar surface area (TPSA) is 73.8 Å². The van der Waals surface area contributed by atoms with E-state index in [2.05, 4.69) is 15.7 Å². The van der Waals surface area contributed by atoms with Gasteiger partial charge in [-0.3, -0.25) is 4.79 Å². The van der Waals surface area contributed by atoms with Crippen molar-refractivity contribution in [1.82, 2.24) is 10.3 Å². The van der Waals surface area contributed by atoms with Crippen molar-refractivity contribution in [2.45, 2.75) is 25.3 Å². The second-order valence-electron chi connectivity index (χ2n) is 7.72. The third-order valence-corrected chi connectivity index (χ3v) is 5.29. The molecular weight excluding hydrogens is 388 g/mol. The maximum absolute atomic E-state index is 12.9. The average molecular weight is 412 g/mol. The average Bonchev–Trinajstić information content (AvgIpc) is 3.01. The summed E-state index contributed by atoms with van der Waals surface area (Å²) in [6.45, 7) is 1.75. The van der Waals surface area contributed by atoms with Gasteiger partial charge in [0.25, 0.3) is 5.91 Å². The molecule has 3 aromatic rings. The number of amides is 3. The molecule has 0 radical (unpaired) electrons. The van der Waals surface area contributed by atoms with Gasteiger partial charge in [-0.1, -0.05) is 60.7 Å². The number of hydrogen-bond acceptors (Lipinski definition) is 4. The van der Waals surface area contributed by atoms with Crippen molar-refractivity contribution in [3.63, 3.8) is 0 Å². The van der Waals surface area contributed by atoms with E-state index in [0.717, 1.165) is 27.5 Å². The lowest BCUT2D eigenvalue weighted by molar-refractivity contribution is -0.130. The van der Waals surface area contributed by atoms with Gasteiger partial charge < -0.3 is 10.6 Å². The van der Waals surface area contributed by atoms with E-state index in [1.54, 1.807) is 6.92 Å². The number of urea groups is 1.